The predicted octanol–water partition coefficient (Wildman–Crippen LogP) is 3.13. The smallest absolute Gasteiger partial charge is 0.384 e. The molecule has 0 bridgehead atoms. The van der Waals surface area contributed by atoms with Crippen LogP contribution in [0.25, 0.3) is 0 Å². The third-order valence-corrected chi connectivity index (χ3v) is 3.41. The van der Waals surface area contributed by atoms with Crippen LogP contribution in [0.5, 0.6) is 0 Å². The Labute approximate surface area is 107 Å². The van der Waals surface area contributed by atoms with E-state index in [1.165, 1.54) is 17.8 Å². The molecule has 0 aliphatic rings. The minimum absolute atomic E-state index is 0.158. The van der Waals surface area contributed by atoms with Crippen molar-refractivity contribution in [2.45, 2.75) is 25.0 Å². The van der Waals surface area contributed by atoms with Crippen molar-refractivity contribution in [1.82, 2.24) is 4.98 Å². The molecule has 3 N–H and O–H groups in total. The minimum Gasteiger partial charge on any atom is -0.384 e. The molecular formula is C11H14F3N3S. The standard InChI is InChI=1S/C11H14F3N3S/c1-6(2)5-18-10-7(9(15)16)3-4-8(17-10)11(12,13)14/h3-4,6H,5H2,1-2H3,(H3,15,16). The highest BCUT2D eigenvalue weighted by Gasteiger charge is 2.33. The number of nitrogens with zero attached hydrogens (tertiary/aromatic N) is 1. The van der Waals surface area contributed by atoms with Gasteiger partial charge < -0.3 is 5.73 Å². The predicted molar refractivity (Wildman–Crippen MR) is 65.8 cm³/mol. The van der Waals surface area contributed by atoms with Crippen LogP contribution < -0.4 is 5.73 Å². The van der Waals surface area contributed by atoms with E-state index in [-0.39, 0.29) is 16.4 Å². The molecule has 1 rings (SSSR count). The first-order valence-electron chi connectivity index (χ1n) is 5.27. The van der Waals surface area contributed by atoms with Crippen LogP contribution in [0, 0.1) is 11.3 Å². The molecule has 0 amide bonds. The van der Waals surface area contributed by atoms with E-state index >= 15 is 0 Å². The molecule has 0 aromatic carbocycles. The maximum absolute atomic E-state index is 12.5. The number of hydrogen-bond donors (Lipinski definition) is 2. The fourth-order valence-electron chi connectivity index (χ4n) is 1.16. The normalized spacial score (nSPS) is 11.9. The summed E-state index contributed by atoms with van der Waals surface area (Å²) in [5.41, 5.74) is 4.61. The molecule has 0 unspecified atom stereocenters. The van der Waals surface area contributed by atoms with Crippen molar-refractivity contribution in [3.05, 3.63) is 23.4 Å². The SMILES string of the molecule is CC(C)CSc1nc(C(F)(F)F)ccc1C(=N)N. The zero-order valence-electron chi connectivity index (χ0n) is 10.0. The maximum atomic E-state index is 12.5. The highest BCUT2D eigenvalue weighted by atomic mass is 32.2. The number of pyridine rings is 1. The van der Waals surface area contributed by atoms with E-state index < -0.39 is 11.9 Å². The van der Waals surface area contributed by atoms with Crippen molar-refractivity contribution in [2.24, 2.45) is 11.7 Å². The number of amidine groups is 1. The van der Waals surface area contributed by atoms with Gasteiger partial charge in [-0.15, -0.1) is 11.8 Å². The summed E-state index contributed by atoms with van der Waals surface area (Å²) < 4.78 is 37.6. The van der Waals surface area contributed by atoms with Crippen LogP contribution in [0.4, 0.5) is 13.2 Å². The summed E-state index contributed by atoms with van der Waals surface area (Å²) in [6.45, 7) is 3.90. The van der Waals surface area contributed by atoms with Gasteiger partial charge in [-0.1, -0.05) is 13.8 Å². The molecule has 0 spiro atoms. The van der Waals surface area contributed by atoms with E-state index in [2.05, 4.69) is 4.98 Å². The van der Waals surface area contributed by atoms with Gasteiger partial charge in [0.2, 0.25) is 0 Å². The number of nitrogens with one attached hydrogen (secondary N) is 1. The number of hydrogen-bond acceptors (Lipinski definition) is 3. The molecule has 0 atom stereocenters. The Balaban J connectivity index is 3.12. The Hall–Kier alpha value is -1.24. The van der Waals surface area contributed by atoms with Gasteiger partial charge in [0.25, 0.3) is 0 Å². The second-order valence-corrected chi connectivity index (χ2v) is 5.17. The van der Waals surface area contributed by atoms with Crippen LogP contribution in [0.15, 0.2) is 17.2 Å². The molecule has 0 saturated heterocycles. The highest BCUT2D eigenvalue weighted by molar-refractivity contribution is 7.99. The summed E-state index contributed by atoms with van der Waals surface area (Å²) >= 11 is 1.18. The molecule has 0 aliphatic carbocycles. The van der Waals surface area contributed by atoms with Gasteiger partial charge >= 0.3 is 6.18 Å². The molecule has 0 fully saturated rings. The van der Waals surface area contributed by atoms with Crippen LogP contribution in [0.1, 0.15) is 25.1 Å². The van der Waals surface area contributed by atoms with Crippen molar-refractivity contribution in [2.75, 3.05) is 5.75 Å². The lowest BCUT2D eigenvalue weighted by Crippen LogP contribution is -2.16. The van der Waals surface area contributed by atoms with Gasteiger partial charge in [-0.3, -0.25) is 5.41 Å². The number of aromatic nitrogens is 1. The average molecular weight is 277 g/mol. The highest BCUT2D eigenvalue weighted by Crippen LogP contribution is 2.31. The number of nitrogen functional groups attached to an aromatic ring is 1. The van der Waals surface area contributed by atoms with Crippen molar-refractivity contribution < 1.29 is 13.2 Å². The fraction of sp³-hybridized carbons (Fsp3) is 0.455. The van der Waals surface area contributed by atoms with Gasteiger partial charge in [0.15, 0.2) is 0 Å². The Morgan fingerprint density at radius 1 is 1.44 bits per heavy atom. The first kappa shape index (κ1) is 14.8. The van der Waals surface area contributed by atoms with Gasteiger partial charge in [0, 0.05) is 11.3 Å². The average Bonchev–Trinajstić information content (AvgIpc) is 2.24. The summed E-state index contributed by atoms with van der Waals surface area (Å²) in [6.07, 6.45) is -4.48. The van der Waals surface area contributed by atoms with Crippen molar-refractivity contribution in [3.63, 3.8) is 0 Å². The third-order valence-electron chi connectivity index (χ3n) is 1.99. The monoisotopic (exact) mass is 277 g/mol. The molecule has 0 aliphatic heterocycles. The quantitative estimate of drug-likeness (QED) is 0.505. The van der Waals surface area contributed by atoms with E-state index in [4.69, 9.17) is 11.1 Å². The third kappa shape index (κ3) is 3.90. The summed E-state index contributed by atoms with van der Waals surface area (Å²) in [6, 6.07) is 2.04. The lowest BCUT2D eigenvalue weighted by Gasteiger charge is -2.12. The Morgan fingerprint density at radius 3 is 2.50 bits per heavy atom. The van der Waals surface area contributed by atoms with E-state index in [1.807, 2.05) is 13.8 Å². The second kappa shape index (κ2) is 5.60. The molecule has 1 aromatic heterocycles. The van der Waals surface area contributed by atoms with Crippen LogP contribution in [0.3, 0.4) is 0 Å². The zero-order valence-corrected chi connectivity index (χ0v) is 10.8. The van der Waals surface area contributed by atoms with Crippen LogP contribution in [-0.4, -0.2) is 16.6 Å². The van der Waals surface area contributed by atoms with Gasteiger partial charge in [0.1, 0.15) is 16.6 Å². The summed E-state index contributed by atoms with van der Waals surface area (Å²) in [7, 11) is 0. The molecule has 1 heterocycles. The van der Waals surface area contributed by atoms with Crippen molar-refractivity contribution in [3.8, 4) is 0 Å². The van der Waals surface area contributed by atoms with E-state index in [0.29, 0.717) is 11.7 Å². The first-order chi connectivity index (χ1) is 8.21. The van der Waals surface area contributed by atoms with E-state index in [1.54, 1.807) is 0 Å². The lowest BCUT2D eigenvalue weighted by molar-refractivity contribution is -0.141. The Bertz CT molecular complexity index is 444. The summed E-state index contributed by atoms with van der Waals surface area (Å²) in [4.78, 5) is 3.55. The van der Waals surface area contributed by atoms with E-state index in [9.17, 15) is 13.2 Å². The lowest BCUT2D eigenvalue weighted by atomic mass is 10.2. The fourth-order valence-corrected chi connectivity index (χ4v) is 2.15. The number of alkyl halides is 3. The molecule has 0 saturated carbocycles. The first-order valence-corrected chi connectivity index (χ1v) is 6.25. The number of thioether (sulfide) groups is 1. The van der Waals surface area contributed by atoms with Gasteiger partial charge in [-0.2, -0.15) is 13.2 Å². The Kier molecular flexibility index (Phi) is 4.61. The van der Waals surface area contributed by atoms with Gasteiger partial charge in [-0.25, -0.2) is 4.98 Å². The van der Waals surface area contributed by atoms with Crippen LogP contribution in [-0.2, 0) is 6.18 Å². The molecule has 7 heteroatoms. The summed E-state index contributed by atoms with van der Waals surface area (Å²) in [5.74, 6) is 0.655. The molecular weight excluding hydrogens is 263 g/mol. The zero-order chi connectivity index (χ0) is 13.9. The van der Waals surface area contributed by atoms with Gasteiger partial charge in [0.05, 0.1) is 0 Å². The molecule has 0 radical (unpaired) electrons. The topological polar surface area (TPSA) is 62.8 Å². The second-order valence-electron chi connectivity index (χ2n) is 4.17. The maximum Gasteiger partial charge on any atom is 0.433 e. The van der Waals surface area contributed by atoms with Gasteiger partial charge in [-0.05, 0) is 18.1 Å². The van der Waals surface area contributed by atoms with Crippen molar-refractivity contribution >= 4 is 17.6 Å². The number of nitrogens with two attached hydrogens (primary N) is 1. The minimum atomic E-state index is -4.48. The van der Waals surface area contributed by atoms with Crippen molar-refractivity contribution in [1.29, 1.82) is 5.41 Å². The molecule has 3 nitrogen and oxygen atoms in total. The summed E-state index contributed by atoms with van der Waals surface area (Å²) in [5, 5.41) is 7.49. The number of halogens is 3. The molecule has 18 heavy (non-hydrogen) atoms. The molecule has 100 valence electrons. The van der Waals surface area contributed by atoms with Crippen LogP contribution >= 0.6 is 11.8 Å². The van der Waals surface area contributed by atoms with Crippen LogP contribution in [0.2, 0.25) is 0 Å². The molecule has 1 aromatic rings. The van der Waals surface area contributed by atoms with E-state index in [0.717, 1.165) is 6.07 Å². The largest absolute Gasteiger partial charge is 0.433 e. The number of rotatable bonds is 4. The Morgan fingerprint density at radius 2 is 2.06 bits per heavy atom.